The highest BCUT2D eigenvalue weighted by Crippen LogP contribution is 2.26. The van der Waals surface area contributed by atoms with E-state index in [1.807, 2.05) is 30.3 Å². The molecule has 31 heavy (non-hydrogen) atoms. The molecule has 1 unspecified atom stereocenters. The molecule has 0 bridgehead atoms. The van der Waals surface area contributed by atoms with Crippen molar-refractivity contribution in [3.63, 3.8) is 0 Å². The second-order valence-electron chi connectivity index (χ2n) is 7.50. The Kier molecular flexibility index (Phi) is 7.79. The number of nitrogens with zero attached hydrogens (tertiary/aromatic N) is 2. The molecule has 0 aliphatic rings. The molecule has 3 rings (SSSR count). The number of aliphatic hydroxyl groups excluding tert-OH is 1. The van der Waals surface area contributed by atoms with Gasteiger partial charge >= 0.3 is 0 Å². The van der Waals surface area contributed by atoms with E-state index in [1.54, 1.807) is 31.5 Å². The second kappa shape index (κ2) is 10.7. The SMILES string of the molecule is C=CCc1ccc(-c2cnc(-c3ccc(C=CCCCC(C)O)c(F)c3F)nc2)cc1. The van der Waals surface area contributed by atoms with E-state index in [-0.39, 0.29) is 23.1 Å². The highest BCUT2D eigenvalue weighted by atomic mass is 19.2. The summed E-state index contributed by atoms with van der Waals surface area (Å²) in [5.41, 5.74) is 3.10. The first kappa shape index (κ1) is 22.5. The molecule has 0 saturated carbocycles. The minimum atomic E-state index is -0.965. The van der Waals surface area contributed by atoms with Crippen LogP contribution in [0.25, 0.3) is 28.6 Å². The zero-order valence-corrected chi connectivity index (χ0v) is 17.6. The monoisotopic (exact) mass is 420 g/mol. The van der Waals surface area contributed by atoms with Gasteiger partial charge in [-0.2, -0.15) is 0 Å². The number of benzene rings is 2. The number of allylic oxidation sites excluding steroid dienone is 2. The van der Waals surface area contributed by atoms with Gasteiger partial charge in [0, 0.05) is 23.5 Å². The Labute approximate surface area is 181 Å². The van der Waals surface area contributed by atoms with Crippen molar-refractivity contribution in [2.24, 2.45) is 0 Å². The summed E-state index contributed by atoms with van der Waals surface area (Å²) in [6.45, 7) is 5.46. The summed E-state index contributed by atoms with van der Waals surface area (Å²) in [6, 6.07) is 11.0. The molecule has 0 saturated heterocycles. The van der Waals surface area contributed by atoms with Crippen molar-refractivity contribution in [3.05, 3.63) is 90.3 Å². The third kappa shape index (κ3) is 5.92. The van der Waals surface area contributed by atoms with Crippen molar-refractivity contribution in [1.29, 1.82) is 0 Å². The summed E-state index contributed by atoms with van der Waals surface area (Å²) in [5, 5.41) is 9.25. The van der Waals surface area contributed by atoms with Crippen LogP contribution in [0.2, 0.25) is 0 Å². The van der Waals surface area contributed by atoms with Gasteiger partial charge in [-0.3, -0.25) is 0 Å². The van der Waals surface area contributed by atoms with Gasteiger partial charge < -0.3 is 5.11 Å². The standard InChI is InChI=1S/C26H26F2N2O/c1-3-7-19-10-12-20(13-11-19)22-16-29-26(30-17-22)23-15-14-21(24(27)25(23)28)9-6-4-5-8-18(2)31/h3,6,9-18,31H,1,4-5,7-8H2,2H3. The van der Waals surface area contributed by atoms with Gasteiger partial charge in [0.2, 0.25) is 0 Å². The van der Waals surface area contributed by atoms with Crippen LogP contribution >= 0.6 is 0 Å². The molecule has 1 aromatic heterocycles. The first-order valence-electron chi connectivity index (χ1n) is 10.3. The van der Waals surface area contributed by atoms with E-state index in [9.17, 15) is 13.9 Å². The molecule has 3 aromatic rings. The van der Waals surface area contributed by atoms with Crippen molar-refractivity contribution in [2.75, 3.05) is 0 Å². The lowest BCUT2D eigenvalue weighted by molar-refractivity contribution is 0.182. The molecule has 160 valence electrons. The molecule has 1 atom stereocenters. The number of halogens is 2. The fourth-order valence-corrected chi connectivity index (χ4v) is 3.22. The largest absolute Gasteiger partial charge is 0.393 e. The molecular formula is C26H26F2N2O. The maximum atomic E-state index is 14.6. The van der Waals surface area contributed by atoms with Crippen molar-refractivity contribution in [1.82, 2.24) is 9.97 Å². The predicted octanol–water partition coefficient (Wildman–Crippen LogP) is 6.38. The molecule has 2 aromatic carbocycles. The fourth-order valence-electron chi connectivity index (χ4n) is 3.22. The van der Waals surface area contributed by atoms with E-state index in [4.69, 9.17) is 0 Å². The van der Waals surface area contributed by atoms with Crippen LogP contribution in [0, 0.1) is 11.6 Å². The smallest absolute Gasteiger partial charge is 0.170 e. The van der Waals surface area contributed by atoms with Gasteiger partial charge in [-0.1, -0.05) is 48.6 Å². The van der Waals surface area contributed by atoms with E-state index >= 15 is 0 Å². The number of rotatable bonds is 9. The van der Waals surface area contributed by atoms with Crippen molar-refractivity contribution < 1.29 is 13.9 Å². The molecule has 0 aliphatic carbocycles. The van der Waals surface area contributed by atoms with Crippen LogP contribution in [-0.4, -0.2) is 21.2 Å². The van der Waals surface area contributed by atoms with Gasteiger partial charge in [0.15, 0.2) is 17.5 Å². The van der Waals surface area contributed by atoms with Crippen molar-refractivity contribution >= 4 is 6.08 Å². The summed E-state index contributed by atoms with van der Waals surface area (Å²) < 4.78 is 29.1. The maximum absolute atomic E-state index is 14.6. The molecule has 5 heteroatoms. The molecule has 3 nitrogen and oxygen atoms in total. The average Bonchev–Trinajstić information content (AvgIpc) is 2.77. The lowest BCUT2D eigenvalue weighted by atomic mass is 10.0. The van der Waals surface area contributed by atoms with Gasteiger partial charge in [0.25, 0.3) is 0 Å². The van der Waals surface area contributed by atoms with Crippen LogP contribution in [0.5, 0.6) is 0 Å². The van der Waals surface area contributed by atoms with Gasteiger partial charge in [0.05, 0.1) is 11.7 Å². The average molecular weight is 421 g/mol. The van der Waals surface area contributed by atoms with Gasteiger partial charge in [-0.15, -0.1) is 6.58 Å². The van der Waals surface area contributed by atoms with Crippen LogP contribution in [0.15, 0.2) is 67.5 Å². The Morgan fingerprint density at radius 1 is 1.00 bits per heavy atom. The van der Waals surface area contributed by atoms with Crippen molar-refractivity contribution in [2.45, 2.75) is 38.7 Å². The zero-order chi connectivity index (χ0) is 22.2. The van der Waals surface area contributed by atoms with Crippen LogP contribution in [0.1, 0.15) is 37.3 Å². The highest BCUT2D eigenvalue weighted by Gasteiger charge is 2.15. The van der Waals surface area contributed by atoms with Crippen LogP contribution < -0.4 is 0 Å². The summed E-state index contributed by atoms with van der Waals surface area (Å²) in [7, 11) is 0. The molecule has 0 fully saturated rings. The molecule has 0 amide bonds. The van der Waals surface area contributed by atoms with E-state index in [0.29, 0.717) is 12.8 Å². The Morgan fingerprint density at radius 2 is 1.71 bits per heavy atom. The number of aromatic nitrogens is 2. The van der Waals surface area contributed by atoms with Crippen LogP contribution in [0.3, 0.4) is 0 Å². The Balaban J connectivity index is 1.74. The summed E-state index contributed by atoms with van der Waals surface area (Å²) in [4.78, 5) is 8.49. The fraction of sp³-hybridized carbons (Fsp3) is 0.231. The minimum Gasteiger partial charge on any atom is -0.393 e. The predicted molar refractivity (Wildman–Crippen MR) is 121 cm³/mol. The maximum Gasteiger partial charge on any atom is 0.170 e. The van der Waals surface area contributed by atoms with E-state index in [0.717, 1.165) is 29.5 Å². The lowest BCUT2D eigenvalue weighted by Crippen LogP contribution is -1.98. The Bertz CT molecular complexity index is 1040. The van der Waals surface area contributed by atoms with Crippen molar-refractivity contribution in [3.8, 4) is 22.5 Å². The molecule has 0 spiro atoms. The molecule has 0 aliphatic heterocycles. The third-order valence-electron chi connectivity index (χ3n) is 4.96. The molecular weight excluding hydrogens is 394 g/mol. The third-order valence-corrected chi connectivity index (χ3v) is 4.96. The quantitative estimate of drug-likeness (QED) is 0.323. The first-order chi connectivity index (χ1) is 15.0. The number of hydrogen-bond acceptors (Lipinski definition) is 3. The van der Waals surface area contributed by atoms with Crippen LogP contribution in [0.4, 0.5) is 8.78 Å². The first-order valence-corrected chi connectivity index (χ1v) is 10.3. The van der Waals surface area contributed by atoms with Gasteiger partial charge in [0.1, 0.15) is 0 Å². The number of unbranched alkanes of at least 4 members (excludes halogenated alkanes) is 1. The normalized spacial score (nSPS) is 12.3. The molecule has 1 heterocycles. The van der Waals surface area contributed by atoms with E-state index < -0.39 is 11.6 Å². The lowest BCUT2D eigenvalue weighted by Gasteiger charge is -2.07. The summed E-state index contributed by atoms with van der Waals surface area (Å²) >= 11 is 0. The minimum absolute atomic E-state index is 0.0247. The highest BCUT2D eigenvalue weighted by molar-refractivity contribution is 5.65. The number of aliphatic hydroxyl groups is 1. The zero-order valence-electron chi connectivity index (χ0n) is 17.6. The number of hydrogen-bond donors (Lipinski definition) is 1. The van der Waals surface area contributed by atoms with Gasteiger partial charge in [-0.05, 0) is 49.8 Å². The second-order valence-corrected chi connectivity index (χ2v) is 7.50. The van der Waals surface area contributed by atoms with E-state index in [1.165, 1.54) is 12.1 Å². The van der Waals surface area contributed by atoms with E-state index in [2.05, 4.69) is 16.5 Å². The Hall–Kier alpha value is -3.18. The van der Waals surface area contributed by atoms with Crippen LogP contribution in [-0.2, 0) is 6.42 Å². The Morgan fingerprint density at radius 3 is 2.35 bits per heavy atom. The summed E-state index contributed by atoms with van der Waals surface area (Å²) in [6.07, 6.45) is 11.0. The summed E-state index contributed by atoms with van der Waals surface area (Å²) in [5.74, 6) is -1.75. The van der Waals surface area contributed by atoms with Gasteiger partial charge in [-0.25, -0.2) is 18.7 Å². The topological polar surface area (TPSA) is 46.0 Å². The molecule has 1 N–H and O–H groups in total. The molecule has 0 radical (unpaired) electrons.